The Morgan fingerprint density at radius 3 is 2.77 bits per heavy atom. The molecule has 1 aromatic heterocycles. The highest BCUT2D eigenvalue weighted by molar-refractivity contribution is 6.32. The number of nitrogens with two attached hydrogens (primary N) is 1. The molecule has 5 heteroatoms. The number of aliphatic hydroxyl groups is 1. The molecule has 1 rings (SSSR count). The number of hydrogen-bond acceptors (Lipinski definition) is 3. The van der Waals surface area contributed by atoms with E-state index >= 15 is 0 Å². The Balaban J connectivity index is 3.20. The van der Waals surface area contributed by atoms with E-state index in [4.69, 9.17) is 34.0 Å². The SMILES string of the molecule is C[C@](N)(CO)c1cc(Cl)cnc1Cl. The van der Waals surface area contributed by atoms with Gasteiger partial charge in [0.1, 0.15) is 5.15 Å². The summed E-state index contributed by atoms with van der Waals surface area (Å²) in [6.07, 6.45) is 1.43. The van der Waals surface area contributed by atoms with Crippen LogP contribution in [0.15, 0.2) is 12.3 Å². The van der Waals surface area contributed by atoms with Crippen molar-refractivity contribution in [1.29, 1.82) is 0 Å². The first-order valence-electron chi connectivity index (χ1n) is 3.68. The second kappa shape index (κ2) is 3.80. The molecule has 13 heavy (non-hydrogen) atoms. The van der Waals surface area contributed by atoms with E-state index in [2.05, 4.69) is 4.98 Å². The van der Waals surface area contributed by atoms with Crippen LogP contribution >= 0.6 is 23.2 Å². The molecule has 0 unspecified atom stereocenters. The summed E-state index contributed by atoms with van der Waals surface area (Å²) in [5.41, 5.74) is 5.41. The van der Waals surface area contributed by atoms with Gasteiger partial charge in [-0.1, -0.05) is 23.2 Å². The van der Waals surface area contributed by atoms with Crippen molar-refractivity contribution in [2.45, 2.75) is 12.5 Å². The van der Waals surface area contributed by atoms with Crippen molar-refractivity contribution in [3.8, 4) is 0 Å². The van der Waals surface area contributed by atoms with Crippen LogP contribution in [0.4, 0.5) is 0 Å². The molecule has 3 N–H and O–H groups in total. The maximum absolute atomic E-state index is 9.01. The highest BCUT2D eigenvalue weighted by Gasteiger charge is 2.23. The van der Waals surface area contributed by atoms with Crippen LogP contribution in [0.5, 0.6) is 0 Å². The Labute approximate surface area is 86.5 Å². The Morgan fingerprint density at radius 2 is 2.23 bits per heavy atom. The second-order valence-electron chi connectivity index (χ2n) is 3.07. The van der Waals surface area contributed by atoms with E-state index in [1.807, 2.05) is 0 Å². The van der Waals surface area contributed by atoms with Crippen molar-refractivity contribution in [2.24, 2.45) is 5.73 Å². The summed E-state index contributed by atoms with van der Waals surface area (Å²) in [6.45, 7) is 1.45. The quantitative estimate of drug-likeness (QED) is 0.745. The third-order valence-electron chi connectivity index (χ3n) is 1.75. The first-order chi connectivity index (χ1) is 5.97. The van der Waals surface area contributed by atoms with Gasteiger partial charge in [0.05, 0.1) is 17.2 Å². The van der Waals surface area contributed by atoms with Crippen LogP contribution in [0.3, 0.4) is 0 Å². The van der Waals surface area contributed by atoms with Gasteiger partial charge in [-0.25, -0.2) is 4.98 Å². The number of pyridine rings is 1. The molecule has 0 saturated carbocycles. The Hall–Kier alpha value is -0.350. The number of aromatic nitrogens is 1. The van der Waals surface area contributed by atoms with E-state index in [0.29, 0.717) is 10.6 Å². The molecule has 0 aliphatic rings. The van der Waals surface area contributed by atoms with Gasteiger partial charge in [-0.3, -0.25) is 0 Å². The van der Waals surface area contributed by atoms with Crippen LogP contribution < -0.4 is 5.73 Å². The van der Waals surface area contributed by atoms with Crippen LogP contribution in [0.1, 0.15) is 12.5 Å². The van der Waals surface area contributed by atoms with E-state index in [-0.39, 0.29) is 11.8 Å². The molecule has 0 saturated heterocycles. The molecule has 0 amide bonds. The topological polar surface area (TPSA) is 59.1 Å². The lowest BCUT2D eigenvalue weighted by Gasteiger charge is -2.22. The standard InChI is InChI=1S/C8H10Cl2N2O/c1-8(11,4-13)6-2-5(9)3-12-7(6)10/h2-3,13H,4,11H2,1H3/t8-/m0/s1. The monoisotopic (exact) mass is 220 g/mol. The number of aliphatic hydroxyl groups excluding tert-OH is 1. The number of rotatable bonds is 2. The van der Waals surface area contributed by atoms with Crippen LogP contribution in [-0.4, -0.2) is 16.7 Å². The highest BCUT2D eigenvalue weighted by Crippen LogP contribution is 2.26. The van der Waals surface area contributed by atoms with Gasteiger partial charge in [0, 0.05) is 11.8 Å². The third kappa shape index (κ3) is 2.31. The fourth-order valence-electron chi connectivity index (χ4n) is 0.908. The summed E-state index contributed by atoms with van der Waals surface area (Å²) in [5, 5.41) is 9.72. The smallest absolute Gasteiger partial charge is 0.134 e. The molecule has 0 radical (unpaired) electrons. The Bertz CT molecular complexity index is 315. The van der Waals surface area contributed by atoms with Gasteiger partial charge in [0.15, 0.2) is 0 Å². The zero-order chi connectivity index (χ0) is 10.1. The average molecular weight is 221 g/mol. The molecule has 3 nitrogen and oxygen atoms in total. The summed E-state index contributed by atoms with van der Waals surface area (Å²) in [7, 11) is 0. The van der Waals surface area contributed by atoms with Crippen molar-refractivity contribution >= 4 is 23.2 Å². The normalized spacial score (nSPS) is 15.5. The van der Waals surface area contributed by atoms with E-state index in [9.17, 15) is 0 Å². The lowest BCUT2D eigenvalue weighted by Crippen LogP contribution is -2.37. The lowest BCUT2D eigenvalue weighted by molar-refractivity contribution is 0.210. The predicted octanol–water partition coefficient (Wildman–Crippen LogP) is 1.55. The van der Waals surface area contributed by atoms with Crippen molar-refractivity contribution < 1.29 is 5.11 Å². The molecule has 1 atom stereocenters. The number of halogens is 2. The summed E-state index contributed by atoms with van der Waals surface area (Å²) >= 11 is 11.5. The number of nitrogens with zero attached hydrogens (tertiary/aromatic N) is 1. The second-order valence-corrected chi connectivity index (χ2v) is 3.86. The Kier molecular flexibility index (Phi) is 3.14. The minimum Gasteiger partial charge on any atom is -0.394 e. The summed E-state index contributed by atoms with van der Waals surface area (Å²) in [6, 6.07) is 1.60. The van der Waals surface area contributed by atoms with E-state index in [1.54, 1.807) is 13.0 Å². The van der Waals surface area contributed by atoms with Gasteiger partial charge in [-0.05, 0) is 13.0 Å². The highest BCUT2D eigenvalue weighted by atomic mass is 35.5. The van der Waals surface area contributed by atoms with Crippen LogP contribution in [0.25, 0.3) is 0 Å². The van der Waals surface area contributed by atoms with Crippen molar-refractivity contribution in [3.05, 3.63) is 28.0 Å². The third-order valence-corrected chi connectivity index (χ3v) is 2.26. The predicted molar refractivity (Wildman–Crippen MR) is 52.9 cm³/mol. The summed E-state index contributed by atoms with van der Waals surface area (Å²) < 4.78 is 0. The zero-order valence-electron chi connectivity index (χ0n) is 7.09. The molecule has 0 bridgehead atoms. The van der Waals surface area contributed by atoms with Crippen LogP contribution in [0, 0.1) is 0 Å². The Morgan fingerprint density at radius 1 is 1.62 bits per heavy atom. The molecular formula is C8H10Cl2N2O. The van der Waals surface area contributed by atoms with E-state index in [0.717, 1.165) is 0 Å². The average Bonchev–Trinajstić information content (AvgIpc) is 2.09. The minimum atomic E-state index is -0.908. The van der Waals surface area contributed by atoms with Gasteiger partial charge in [0.25, 0.3) is 0 Å². The molecule has 0 aliphatic carbocycles. The largest absolute Gasteiger partial charge is 0.394 e. The van der Waals surface area contributed by atoms with Crippen LogP contribution in [-0.2, 0) is 5.54 Å². The molecule has 1 aromatic rings. The molecule has 1 heterocycles. The maximum Gasteiger partial charge on any atom is 0.134 e. The molecule has 72 valence electrons. The minimum absolute atomic E-state index is 0.214. The maximum atomic E-state index is 9.01. The van der Waals surface area contributed by atoms with Crippen molar-refractivity contribution in [2.75, 3.05) is 6.61 Å². The zero-order valence-corrected chi connectivity index (χ0v) is 8.60. The molecular weight excluding hydrogens is 211 g/mol. The van der Waals surface area contributed by atoms with Gasteiger partial charge in [0.2, 0.25) is 0 Å². The first-order valence-corrected chi connectivity index (χ1v) is 4.44. The van der Waals surface area contributed by atoms with Gasteiger partial charge in [-0.2, -0.15) is 0 Å². The van der Waals surface area contributed by atoms with Gasteiger partial charge < -0.3 is 10.8 Å². The summed E-state index contributed by atoms with van der Waals surface area (Å²) in [5.74, 6) is 0. The molecule has 0 aliphatic heterocycles. The van der Waals surface area contributed by atoms with Crippen molar-refractivity contribution in [3.63, 3.8) is 0 Å². The molecule has 0 aromatic carbocycles. The van der Waals surface area contributed by atoms with E-state index < -0.39 is 5.54 Å². The number of hydrogen-bond donors (Lipinski definition) is 2. The fraction of sp³-hybridized carbons (Fsp3) is 0.375. The lowest BCUT2D eigenvalue weighted by atomic mass is 9.96. The molecule has 0 spiro atoms. The van der Waals surface area contributed by atoms with Gasteiger partial charge >= 0.3 is 0 Å². The van der Waals surface area contributed by atoms with Crippen LogP contribution in [0.2, 0.25) is 10.2 Å². The van der Waals surface area contributed by atoms with Crippen molar-refractivity contribution in [1.82, 2.24) is 4.98 Å². The van der Waals surface area contributed by atoms with E-state index in [1.165, 1.54) is 6.20 Å². The van der Waals surface area contributed by atoms with Gasteiger partial charge in [-0.15, -0.1) is 0 Å². The first kappa shape index (κ1) is 10.7. The summed E-state index contributed by atoms with van der Waals surface area (Å²) in [4.78, 5) is 3.84. The fourth-order valence-corrected chi connectivity index (χ4v) is 1.39. The molecule has 0 fully saturated rings.